The van der Waals surface area contributed by atoms with Crippen LogP contribution in [0.4, 0.5) is 0 Å². The molecule has 0 aromatic rings. The molecule has 7 rings (SSSR count). The van der Waals surface area contributed by atoms with Crippen LogP contribution in [-0.4, -0.2) is 84.9 Å². The quantitative estimate of drug-likeness (QED) is 0.250. The second kappa shape index (κ2) is 71.8. The summed E-state index contributed by atoms with van der Waals surface area (Å²) < 4.78 is 41.9. The van der Waals surface area contributed by atoms with Crippen LogP contribution in [-0.2, 0) is 37.9 Å². The third-order valence-electron chi connectivity index (χ3n) is 14.2. The molecule has 0 aromatic heterocycles. The Morgan fingerprint density at radius 2 is 0.584 bits per heavy atom. The lowest BCUT2D eigenvalue weighted by molar-refractivity contribution is -0.198. The van der Waals surface area contributed by atoms with Gasteiger partial charge in [-0.25, -0.2) is 0 Å². The number of hydrogen-bond acceptors (Lipinski definition) is 8. The molecule has 7 aliphatic rings. The van der Waals surface area contributed by atoms with Crippen molar-refractivity contribution in [2.75, 3.05) is 66.4 Å². The van der Waals surface area contributed by atoms with Crippen molar-refractivity contribution in [3.63, 3.8) is 0 Å². The molecule has 7 fully saturated rings. The summed E-state index contributed by atoms with van der Waals surface area (Å²) >= 11 is 0. The highest BCUT2D eigenvalue weighted by atomic mass is 16.7. The second-order valence-corrected chi connectivity index (χ2v) is 22.0. The van der Waals surface area contributed by atoms with Gasteiger partial charge in [0.2, 0.25) is 0 Å². The Morgan fingerprint density at radius 1 is 0.234 bits per heavy atom. The van der Waals surface area contributed by atoms with E-state index in [4.69, 9.17) is 37.9 Å². The van der Waals surface area contributed by atoms with Gasteiger partial charge in [-0.15, -0.1) is 0 Å². The molecule has 3 aliphatic carbocycles. The predicted molar refractivity (Wildman–Crippen MR) is 344 cm³/mol. The van der Waals surface area contributed by atoms with E-state index in [1.165, 1.54) is 96.3 Å². The van der Waals surface area contributed by atoms with Crippen LogP contribution >= 0.6 is 0 Å². The Kier molecular flexibility index (Phi) is 84.3. The van der Waals surface area contributed by atoms with Crippen molar-refractivity contribution in [3.05, 3.63) is 0 Å². The van der Waals surface area contributed by atoms with Crippen LogP contribution in [0.15, 0.2) is 0 Å². The van der Waals surface area contributed by atoms with Crippen molar-refractivity contribution in [1.82, 2.24) is 0 Å². The summed E-state index contributed by atoms with van der Waals surface area (Å²) in [5.41, 5.74) is 0. The largest absolute Gasteiger partial charge is 0.376 e. The average Bonchev–Trinajstić information content (AvgIpc) is 3.51. The van der Waals surface area contributed by atoms with Crippen molar-refractivity contribution in [2.24, 2.45) is 65.1 Å². The molecule has 0 N–H and O–H groups in total. The van der Waals surface area contributed by atoms with Crippen LogP contribution in [0.1, 0.15) is 303 Å². The van der Waals surface area contributed by atoms with Crippen LogP contribution in [0.3, 0.4) is 0 Å². The highest BCUT2D eigenvalue weighted by Gasteiger charge is 2.21. The van der Waals surface area contributed by atoms with Crippen LogP contribution in [0.2, 0.25) is 0 Å². The minimum atomic E-state index is 0.0544. The summed E-state index contributed by atoms with van der Waals surface area (Å²) in [5.74, 6) is 8.98. The van der Waals surface area contributed by atoms with Crippen LogP contribution in [0.5, 0.6) is 0 Å². The molecule has 476 valence electrons. The molecule has 77 heavy (non-hydrogen) atoms. The van der Waals surface area contributed by atoms with E-state index in [0.717, 1.165) is 101 Å². The Balaban J connectivity index is -0.000000143. The highest BCUT2D eigenvalue weighted by molar-refractivity contribution is 4.70. The minimum absolute atomic E-state index is 0.0544. The van der Waals surface area contributed by atoms with Gasteiger partial charge in [0.15, 0.2) is 6.29 Å². The van der Waals surface area contributed by atoms with Crippen LogP contribution in [0, 0.1) is 65.1 Å². The van der Waals surface area contributed by atoms with Crippen molar-refractivity contribution in [1.29, 1.82) is 0 Å². The maximum absolute atomic E-state index is 5.41. The van der Waals surface area contributed by atoms with Gasteiger partial charge < -0.3 is 37.9 Å². The highest BCUT2D eigenvalue weighted by Crippen LogP contribution is 2.31. The molecular weight excluding hydrogens is 957 g/mol. The molecule has 0 aromatic carbocycles. The molecule has 3 saturated carbocycles. The van der Waals surface area contributed by atoms with E-state index in [2.05, 4.69) is 96.9 Å². The maximum atomic E-state index is 5.41. The lowest BCUT2D eigenvalue weighted by Crippen LogP contribution is -2.32. The van der Waals surface area contributed by atoms with Crippen molar-refractivity contribution in [2.45, 2.75) is 322 Å². The maximum Gasteiger partial charge on any atom is 0.159 e. The Morgan fingerprint density at radius 3 is 0.779 bits per heavy atom. The summed E-state index contributed by atoms with van der Waals surface area (Å²) in [7, 11) is 0. The summed E-state index contributed by atoms with van der Waals surface area (Å²) in [6.45, 7) is 67.0. The fourth-order valence-corrected chi connectivity index (χ4v) is 9.08. The van der Waals surface area contributed by atoms with Crippen molar-refractivity contribution in [3.8, 4) is 0 Å². The molecule has 4 heterocycles. The molecule has 0 radical (unpaired) electrons. The van der Waals surface area contributed by atoms with E-state index in [9.17, 15) is 0 Å². The number of rotatable bonds is 7. The average molecular weight is 1110 g/mol. The SMILES string of the molecule is CC.CC.CC.CC.CC.CC.CC.CC(C)C1CCCCC1.CC(C)C1CCCCC1.CC(C)C1CCCCC1.CC(C)C1CCOCO1.CC(C)C1COCCO1.CC(C)C1COCOC1.CC(C)C1OCCCO1. The zero-order valence-corrected chi connectivity index (χ0v) is 58.4. The molecule has 8 heteroatoms. The molecule has 8 nitrogen and oxygen atoms in total. The van der Waals surface area contributed by atoms with Gasteiger partial charge in [0.05, 0.1) is 65.1 Å². The minimum Gasteiger partial charge on any atom is -0.376 e. The normalized spacial score (nSPS) is 20.8. The Hall–Kier alpha value is -0.320. The first-order chi connectivity index (χ1) is 37.1. The number of hydrogen-bond donors (Lipinski definition) is 0. The van der Waals surface area contributed by atoms with E-state index >= 15 is 0 Å². The molecule has 0 bridgehead atoms. The van der Waals surface area contributed by atoms with Gasteiger partial charge in [-0.3, -0.25) is 0 Å². The number of ether oxygens (including phenoxy) is 8. The van der Waals surface area contributed by atoms with E-state index < -0.39 is 0 Å². The van der Waals surface area contributed by atoms with Gasteiger partial charge in [0.25, 0.3) is 0 Å². The molecule has 4 aliphatic heterocycles. The van der Waals surface area contributed by atoms with Gasteiger partial charge in [-0.2, -0.15) is 0 Å². The lowest BCUT2D eigenvalue weighted by Gasteiger charge is -2.25. The smallest absolute Gasteiger partial charge is 0.159 e. The van der Waals surface area contributed by atoms with Gasteiger partial charge in [-0.05, 0) is 66.1 Å². The van der Waals surface area contributed by atoms with Gasteiger partial charge >= 0.3 is 0 Å². The first-order valence-corrected chi connectivity index (χ1v) is 33.9. The zero-order chi connectivity index (χ0) is 60.8. The van der Waals surface area contributed by atoms with E-state index in [1.54, 1.807) is 0 Å². The predicted octanol–water partition coefficient (Wildman–Crippen LogP) is 22.0. The monoisotopic (exact) mass is 1110 g/mol. The van der Waals surface area contributed by atoms with Crippen LogP contribution in [0.25, 0.3) is 0 Å². The standard InChI is InChI=1S/3C9H18.4C7H14O2.7C2H6/c3*1-8(2)9-6-4-3-5-7-9;1-6(2)7-3-8-5-9-4-7;1-6(2)7-5-8-3-4-9-7;1-6(2)7-3-4-8-5-9-7;1-6(2)7-8-4-3-5-9-7;7*1-2/h3*8-9H,3-7H2,1-2H3;4*6-7H,3-5H2,1-2H3;7*1-2H3. The fraction of sp³-hybridized carbons (Fsp3) is 1.00. The molecule has 0 amide bonds. The summed E-state index contributed by atoms with van der Waals surface area (Å²) in [5, 5.41) is 0. The zero-order valence-electron chi connectivity index (χ0n) is 58.4. The Bertz CT molecular complexity index is 730. The second-order valence-electron chi connectivity index (χ2n) is 22.0. The molecule has 2 unspecified atom stereocenters. The fourth-order valence-electron chi connectivity index (χ4n) is 9.08. The summed E-state index contributed by atoms with van der Waals surface area (Å²) in [6, 6.07) is 0. The third-order valence-corrected chi connectivity index (χ3v) is 14.2. The lowest BCUT2D eigenvalue weighted by atomic mass is 9.82. The van der Waals surface area contributed by atoms with Gasteiger partial charge in [-0.1, -0.05) is 290 Å². The molecule has 4 saturated heterocycles. The van der Waals surface area contributed by atoms with Crippen LogP contribution < -0.4 is 0 Å². The van der Waals surface area contributed by atoms with E-state index in [-0.39, 0.29) is 6.29 Å². The Labute approximate surface area is 488 Å². The van der Waals surface area contributed by atoms with Crippen molar-refractivity contribution >= 4 is 0 Å². The van der Waals surface area contributed by atoms with Gasteiger partial charge in [0.1, 0.15) is 13.6 Å². The third kappa shape index (κ3) is 58.7. The first kappa shape index (κ1) is 90.5. The van der Waals surface area contributed by atoms with E-state index in [0.29, 0.717) is 55.4 Å². The summed E-state index contributed by atoms with van der Waals surface area (Å²) in [6.07, 6.45) is 25.3. The molecular formula is C69H152O8. The molecule has 0 spiro atoms. The van der Waals surface area contributed by atoms with E-state index in [1.807, 2.05) is 96.9 Å². The summed E-state index contributed by atoms with van der Waals surface area (Å²) in [4.78, 5) is 0. The topological polar surface area (TPSA) is 73.8 Å². The van der Waals surface area contributed by atoms with Gasteiger partial charge in [0, 0.05) is 11.8 Å². The van der Waals surface area contributed by atoms with Crippen molar-refractivity contribution < 1.29 is 37.9 Å². The first-order valence-electron chi connectivity index (χ1n) is 33.9. The molecule has 2 atom stereocenters.